The molecule has 0 unspecified atom stereocenters. The summed E-state index contributed by atoms with van der Waals surface area (Å²) >= 11 is 0. The number of ether oxygens (including phenoxy) is 1. The molecular formula is C28H25N5O. The van der Waals surface area contributed by atoms with Gasteiger partial charge in [-0.15, -0.1) is 0 Å². The van der Waals surface area contributed by atoms with Crippen LogP contribution >= 0.6 is 0 Å². The molecule has 0 fully saturated rings. The van der Waals surface area contributed by atoms with Crippen LogP contribution in [0.15, 0.2) is 97.3 Å². The molecule has 1 N–H and O–H groups in total. The molecule has 0 radical (unpaired) electrons. The van der Waals surface area contributed by atoms with Crippen molar-refractivity contribution in [1.29, 1.82) is 0 Å². The molecule has 5 rings (SSSR count). The highest BCUT2D eigenvalue weighted by atomic mass is 16.5. The van der Waals surface area contributed by atoms with Crippen LogP contribution in [0.2, 0.25) is 0 Å². The van der Waals surface area contributed by atoms with E-state index in [-0.39, 0.29) is 0 Å². The summed E-state index contributed by atoms with van der Waals surface area (Å²) in [6.45, 7) is 4.56. The Hall–Kier alpha value is -4.45. The fraction of sp³-hybridized carbons (Fsp3) is 0.107. The standard InChI is InChI=1S/C28H25N5O/c1-20-11-13-23(14-12-20)30-28-29-16-15-27(31-28)26-18-33(32-21(26)2)24-9-6-10-25(17-24)34-19-22-7-4-3-5-8-22/h3-18H,19H2,1-2H3,(H,29,30,31). The molecule has 6 nitrogen and oxygen atoms in total. The van der Waals surface area contributed by atoms with Crippen LogP contribution in [0.3, 0.4) is 0 Å². The van der Waals surface area contributed by atoms with E-state index >= 15 is 0 Å². The summed E-state index contributed by atoms with van der Waals surface area (Å²) in [4.78, 5) is 9.08. The van der Waals surface area contributed by atoms with E-state index in [2.05, 4.69) is 41.5 Å². The van der Waals surface area contributed by atoms with Gasteiger partial charge in [0.2, 0.25) is 5.95 Å². The van der Waals surface area contributed by atoms with Gasteiger partial charge in [0.15, 0.2) is 0 Å². The molecule has 5 aromatic rings. The molecule has 0 bridgehead atoms. The van der Waals surface area contributed by atoms with Gasteiger partial charge in [0.05, 0.1) is 17.1 Å². The average molecular weight is 448 g/mol. The first-order chi connectivity index (χ1) is 16.6. The fourth-order valence-electron chi connectivity index (χ4n) is 3.64. The molecule has 0 aliphatic heterocycles. The summed E-state index contributed by atoms with van der Waals surface area (Å²) in [6.07, 6.45) is 3.75. The lowest BCUT2D eigenvalue weighted by atomic mass is 10.2. The van der Waals surface area contributed by atoms with Gasteiger partial charge in [0, 0.05) is 29.7 Å². The molecule has 0 atom stereocenters. The van der Waals surface area contributed by atoms with Gasteiger partial charge >= 0.3 is 0 Å². The molecule has 2 heterocycles. The Labute approximate surface area is 198 Å². The van der Waals surface area contributed by atoms with E-state index in [1.807, 2.05) is 78.5 Å². The van der Waals surface area contributed by atoms with E-state index in [1.54, 1.807) is 6.20 Å². The van der Waals surface area contributed by atoms with Gasteiger partial charge < -0.3 is 10.1 Å². The number of anilines is 2. The molecular weight excluding hydrogens is 422 g/mol. The number of nitrogens with zero attached hydrogens (tertiary/aromatic N) is 4. The Morgan fingerprint density at radius 2 is 1.71 bits per heavy atom. The van der Waals surface area contributed by atoms with Gasteiger partial charge in [-0.25, -0.2) is 14.6 Å². The minimum Gasteiger partial charge on any atom is -0.489 e. The number of benzene rings is 3. The summed E-state index contributed by atoms with van der Waals surface area (Å²) in [7, 11) is 0. The van der Waals surface area contributed by atoms with Crippen molar-refractivity contribution < 1.29 is 4.74 Å². The lowest BCUT2D eigenvalue weighted by Crippen LogP contribution is -1.98. The SMILES string of the molecule is Cc1ccc(Nc2nccc(-c3cn(-c4cccc(OCc5ccccc5)c4)nc3C)n2)cc1. The van der Waals surface area contributed by atoms with Crippen molar-refractivity contribution in [3.05, 3.63) is 114 Å². The van der Waals surface area contributed by atoms with Crippen LogP contribution in [-0.4, -0.2) is 19.7 Å². The minimum atomic E-state index is 0.519. The van der Waals surface area contributed by atoms with Gasteiger partial charge in [-0.3, -0.25) is 0 Å². The highest BCUT2D eigenvalue weighted by Gasteiger charge is 2.12. The second-order valence-corrected chi connectivity index (χ2v) is 8.10. The number of nitrogens with one attached hydrogen (secondary N) is 1. The average Bonchev–Trinajstić information content (AvgIpc) is 3.27. The van der Waals surface area contributed by atoms with Crippen LogP contribution in [0.4, 0.5) is 11.6 Å². The van der Waals surface area contributed by atoms with Crippen molar-refractivity contribution in [3.63, 3.8) is 0 Å². The first-order valence-corrected chi connectivity index (χ1v) is 11.1. The lowest BCUT2D eigenvalue weighted by molar-refractivity contribution is 0.306. The van der Waals surface area contributed by atoms with Gasteiger partial charge in [0.25, 0.3) is 0 Å². The number of aryl methyl sites for hydroxylation is 2. The zero-order valence-electron chi connectivity index (χ0n) is 19.1. The Bertz CT molecular complexity index is 1390. The molecule has 6 heteroatoms. The molecule has 3 aromatic carbocycles. The largest absolute Gasteiger partial charge is 0.489 e. The van der Waals surface area contributed by atoms with Crippen LogP contribution in [0.1, 0.15) is 16.8 Å². The van der Waals surface area contributed by atoms with E-state index in [0.29, 0.717) is 12.6 Å². The number of hydrogen-bond donors (Lipinski definition) is 1. The zero-order valence-corrected chi connectivity index (χ0v) is 19.1. The first kappa shape index (κ1) is 21.4. The third kappa shape index (κ3) is 4.96. The number of rotatable bonds is 7. The minimum absolute atomic E-state index is 0.519. The second-order valence-electron chi connectivity index (χ2n) is 8.10. The van der Waals surface area contributed by atoms with Crippen molar-refractivity contribution in [1.82, 2.24) is 19.7 Å². The maximum atomic E-state index is 5.99. The molecule has 34 heavy (non-hydrogen) atoms. The molecule has 0 aliphatic rings. The van der Waals surface area contributed by atoms with Gasteiger partial charge in [-0.05, 0) is 49.7 Å². The highest BCUT2D eigenvalue weighted by molar-refractivity contribution is 5.64. The van der Waals surface area contributed by atoms with Crippen LogP contribution in [0.25, 0.3) is 16.9 Å². The smallest absolute Gasteiger partial charge is 0.227 e. The Balaban J connectivity index is 1.36. The third-order valence-corrected chi connectivity index (χ3v) is 5.47. The van der Waals surface area contributed by atoms with E-state index < -0.39 is 0 Å². The highest BCUT2D eigenvalue weighted by Crippen LogP contribution is 2.25. The topological polar surface area (TPSA) is 64.9 Å². The van der Waals surface area contributed by atoms with Crippen LogP contribution in [0, 0.1) is 13.8 Å². The van der Waals surface area contributed by atoms with Crippen LogP contribution < -0.4 is 10.1 Å². The fourth-order valence-corrected chi connectivity index (χ4v) is 3.64. The third-order valence-electron chi connectivity index (χ3n) is 5.47. The molecule has 0 aliphatic carbocycles. The first-order valence-electron chi connectivity index (χ1n) is 11.1. The quantitative estimate of drug-likeness (QED) is 0.319. The summed E-state index contributed by atoms with van der Waals surface area (Å²) < 4.78 is 7.84. The van der Waals surface area contributed by atoms with Crippen molar-refractivity contribution in [2.24, 2.45) is 0 Å². The summed E-state index contributed by atoms with van der Waals surface area (Å²) in [5.74, 6) is 1.34. The summed E-state index contributed by atoms with van der Waals surface area (Å²) in [5, 5.41) is 7.99. The Morgan fingerprint density at radius 1 is 0.882 bits per heavy atom. The molecule has 0 saturated heterocycles. The monoisotopic (exact) mass is 447 g/mol. The van der Waals surface area contributed by atoms with Crippen molar-refractivity contribution >= 4 is 11.6 Å². The normalized spacial score (nSPS) is 10.8. The Kier molecular flexibility index (Phi) is 6.03. The number of hydrogen-bond acceptors (Lipinski definition) is 5. The maximum Gasteiger partial charge on any atom is 0.227 e. The van der Waals surface area contributed by atoms with Crippen molar-refractivity contribution in [2.45, 2.75) is 20.5 Å². The predicted octanol–water partition coefficient (Wildman–Crippen LogP) is 6.27. The second kappa shape index (κ2) is 9.58. The van der Waals surface area contributed by atoms with Crippen LogP contribution in [-0.2, 0) is 6.61 Å². The van der Waals surface area contributed by atoms with E-state index in [0.717, 1.165) is 39.6 Å². The van der Waals surface area contributed by atoms with E-state index in [4.69, 9.17) is 14.8 Å². The molecule has 0 saturated carbocycles. The summed E-state index contributed by atoms with van der Waals surface area (Å²) in [6, 6.07) is 28.1. The maximum absolute atomic E-state index is 5.99. The Morgan fingerprint density at radius 3 is 2.53 bits per heavy atom. The summed E-state index contributed by atoms with van der Waals surface area (Å²) in [5.41, 5.74) is 6.85. The van der Waals surface area contributed by atoms with Gasteiger partial charge in [-0.2, -0.15) is 5.10 Å². The molecule has 0 spiro atoms. The van der Waals surface area contributed by atoms with Crippen molar-refractivity contribution in [3.8, 4) is 22.7 Å². The van der Waals surface area contributed by atoms with E-state index in [9.17, 15) is 0 Å². The predicted molar refractivity (Wildman–Crippen MR) is 135 cm³/mol. The zero-order chi connectivity index (χ0) is 23.3. The molecule has 0 amide bonds. The lowest BCUT2D eigenvalue weighted by Gasteiger charge is -2.08. The van der Waals surface area contributed by atoms with Gasteiger partial charge in [-0.1, -0.05) is 54.1 Å². The van der Waals surface area contributed by atoms with Crippen molar-refractivity contribution in [2.75, 3.05) is 5.32 Å². The van der Waals surface area contributed by atoms with Crippen LogP contribution in [0.5, 0.6) is 5.75 Å². The van der Waals surface area contributed by atoms with E-state index in [1.165, 1.54) is 5.56 Å². The van der Waals surface area contributed by atoms with Gasteiger partial charge in [0.1, 0.15) is 12.4 Å². The molecule has 168 valence electrons. The molecule has 2 aromatic heterocycles. The number of aromatic nitrogens is 4.